The molecule has 1 amide bonds. The lowest BCUT2D eigenvalue weighted by Crippen LogP contribution is -2.53. The number of nitrogens with zero attached hydrogens (tertiary/aromatic N) is 2. The van der Waals surface area contributed by atoms with Gasteiger partial charge in [0.2, 0.25) is 10.0 Å². The van der Waals surface area contributed by atoms with Crippen molar-refractivity contribution < 1.29 is 17.6 Å². The van der Waals surface area contributed by atoms with Crippen LogP contribution < -0.4 is 0 Å². The fourth-order valence-corrected chi connectivity index (χ4v) is 5.95. The first kappa shape index (κ1) is 19.1. The van der Waals surface area contributed by atoms with Crippen LogP contribution in [0.1, 0.15) is 27.9 Å². The molecule has 2 aromatic carbocycles. The minimum Gasteiger partial charge on any atom is -0.336 e. The minimum absolute atomic E-state index is 0.191. The summed E-state index contributed by atoms with van der Waals surface area (Å²) in [5.74, 6) is -0.579. The van der Waals surface area contributed by atoms with Crippen molar-refractivity contribution in [2.24, 2.45) is 0 Å². The normalized spacial score (nSPS) is 20.6. The average molecular weight is 402 g/mol. The molecule has 1 fully saturated rings. The largest absolute Gasteiger partial charge is 0.336 e. The van der Waals surface area contributed by atoms with Crippen LogP contribution in [0, 0.1) is 5.82 Å². The van der Waals surface area contributed by atoms with Crippen LogP contribution in [-0.4, -0.2) is 55.0 Å². The van der Waals surface area contributed by atoms with Crippen LogP contribution in [0.25, 0.3) is 0 Å². The van der Waals surface area contributed by atoms with E-state index in [1.165, 1.54) is 34.1 Å². The fourth-order valence-electron chi connectivity index (χ4n) is 4.05. The Labute approximate surface area is 164 Å². The summed E-state index contributed by atoms with van der Waals surface area (Å²) in [5.41, 5.74) is 2.78. The Kier molecular flexibility index (Phi) is 5.21. The third-order valence-electron chi connectivity index (χ3n) is 5.70. The van der Waals surface area contributed by atoms with Crippen molar-refractivity contribution in [2.75, 3.05) is 26.2 Å². The molecular formula is C21H23FN2O3S. The summed E-state index contributed by atoms with van der Waals surface area (Å²) < 4.78 is 40.8. The SMILES string of the molecule is O=C(c1ccc(F)cc1)N1CCN(S(=O)(=O)C2CCc3ccccc3C2)CC1. The maximum absolute atomic E-state index is 13.1. The van der Waals surface area contributed by atoms with E-state index >= 15 is 0 Å². The summed E-state index contributed by atoms with van der Waals surface area (Å²) in [5, 5.41) is -0.401. The van der Waals surface area contributed by atoms with Gasteiger partial charge < -0.3 is 4.90 Å². The van der Waals surface area contributed by atoms with E-state index < -0.39 is 15.3 Å². The van der Waals surface area contributed by atoms with Crippen LogP contribution >= 0.6 is 0 Å². The fraction of sp³-hybridized carbons (Fsp3) is 0.381. The monoisotopic (exact) mass is 402 g/mol. The summed E-state index contributed by atoms with van der Waals surface area (Å²) in [6.07, 6.45) is 1.96. The van der Waals surface area contributed by atoms with Gasteiger partial charge >= 0.3 is 0 Å². The molecule has 1 saturated heterocycles. The number of piperazine rings is 1. The van der Waals surface area contributed by atoms with E-state index in [-0.39, 0.29) is 11.7 Å². The Balaban J connectivity index is 1.40. The molecule has 1 unspecified atom stereocenters. The number of rotatable bonds is 3. The molecule has 4 rings (SSSR count). The number of fused-ring (bicyclic) bond motifs is 1. The molecule has 148 valence electrons. The standard InChI is InChI=1S/C21H23FN2O3S/c22-19-8-5-17(6-9-19)21(25)23-11-13-24(14-12-23)28(26,27)20-10-7-16-3-1-2-4-18(16)15-20/h1-6,8-9,20H,7,10-15H2. The van der Waals surface area contributed by atoms with Crippen molar-refractivity contribution >= 4 is 15.9 Å². The van der Waals surface area contributed by atoms with Crippen LogP contribution in [0.3, 0.4) is 0 Å². The summed E-state index contributed by atoms with van der Waals surface area (Å²) in [4.78, 5) is 14.2. The van der Waals surface area contributed by atoms with Gasteiger partial charge in [-0.3, -0.25) is 4.79 Å². The molecule has 2 aliphatic rings. The van der Waals surface area contributed by atoms with E-state index in [0.29, 0.717) is 44.6 Å². The van der Waals surface area contributed by atoms with Gasteiger partial charge in [-0.1, -0.05) is 24.3 Å². The first-order chi connectivity index (χ1) is 13.4. The molecule has 0 radical (unpaired) electrons. The molecule has 0 N–H and O–H groups in total. The second-order valence-corrected chi connectivity index (χ2v) is 9.59. The lowest BCUT2D eigenvalue weighted by atomic mass is 9.92. The van der Waals surface area contributed by atoms with Gasteiger partial charge in [-0.05, 0) is 54.7 Å². The Hall–Kier alpha value is -2.25. The second-order valence-electron chi connectivity index (χ2n) is 7.38. The predicted octanol–water partition coefficient (Wildman–Crippen LogP) is 2.47. The zero-order valence-electron chi connectivity index (χ0n) is 15.6. The Bertz CT molecular complexity index is 967. The van der Waals surface area contributed by atoms with E-state index in [4.69, 9.17) is 0 Å². The maximum atomic E-state index is 13.1. The molecule has 1 atom stereocenters. The maximum Gasteiger partial charge on any atom is 0.253 e. The Morgan fingerprint density at radius 3 is 2.25 bits per heavy atom. The van der Waals surface area contributed by atoms with Gasteiger partial charge in [-0.25, -0.2) is 12.8 Å². The smallest absolute Gasteiger partial charge is 0.253 e. The number of hydrogen-bond acceptors (Lipinski definition) is 3. The summed E-state index contributed by atoms with van der Waals surface area (Å²) in [6.45, 7) is 1.29. The van der Waals surface area contributed by atoms with E-state index in [9.17, 15) is 17.6 Å². The number of hydrogen-bond donors (Lipinski definition) is 0. The van der Waals surface area contributed by atoms with Gasteiger partial charge in [0.05, 0.1) is 5.25 Å². The van der Waals surface area contributed by atoms with Crippen LogP contribution in [0.4, 0.5) is 4.39 Å². The lowest BCUT2D eigenvalue weighted by molar-refractivity contribution is 0.0697. The first-order valence-corrected chi connectivity index (χ1v) is 11.1. The Morgan fingerprint density at radius 1 is 0.929 bits per heavy atom. The molecular weight excluding hydrogens is 379 g/mol. The van der Waals surface area contributed by atoms with Crippen molar-refractivity contribution in [1.29, 1.82) is 0 Å². The van der Waals surface area contributed by atoms with E-state index in [2.05, 4.69) is 6.07 Å². The van der Waals surface area contributed by atoms with Crippen molar-refractivity contribution in [3.05, 3.63) is 71.0 Å². The highest BCUT2D eigenvalue weighted by molar-refractivity contribution is 7.89. The van der Waals surface area contributed by atoms with Crippen molar-refractivity contribution in [1.82, 2.24) is 9.21 Å². The number of carbonyl (C=O) groups excluding carboxylic acids is 1. The molecule has 1 heterocycles. The second kappa shape index (κ2) is 7.64. The topological polar surface area (TPSA) is 57.7 Å². The number of aryl methyl sites for hydroxylation is 1. The van der Waals surface area contributed by atoms with Gasteiger partial charge in [0.15, 0.2) is 0 Å². The molecule has 2 aromatic rings. The quantitative estimate of drug-likeness (QED) is 0.793. The number of amides is 1. The third-order valence-corrected chi connectivity index (χ3v) is 8.03. The van der Waals surface area contributed by atoms with Gasteiger partial charge in [0.1, 0.15) is 5.82 Å². The molecule has 0 saturated carbocycles. The van der Waals surface area contributed by atoms with Crippen LogP contribution in [0.2, 0.25) is 0 Å². The zero-order valence-corrected chi connectivity index (χ0v) is 16.4. The van der Waals surface area contributed by atoms with Gasteiger partial charge in [0, 0.05) is 31.7 Å². The third kappa shape index (κ3) is 3.69. The average Bonchev–Trinajstić information content (AvgIpc) is 2.73. The summed E-state index contributed by atoms with van der Waals surface area (Å²) >= 11 is 0. The molecule has 1 aliphatic carbocycles. The molecule has 5 nitrogen and oxygen atoms in total. The Morgan fingerprint density at radius 2 is 1.57 bits per heavy atom. The minimum atomic E-state index is -3.40. The van der Waals surface area contributed by atoms with Crippen molar-refractivity contribution in [2.45, 2.75) is 24.5 Å². The number of halogens is 1. The van der Waals surface area contributed by atoms with Gasteiger partial charge in [0.25, 0.3) is 5.91 Å². The van der Waals surface area contributed by atoms with Crippen LogP contribution in [-0.2, 0) is 22.9 Å². The highest BCUT2D eigenvalue weighted by atomic mass is 32.2. The number of sulfonamides is 1. The molecule has 0 spiro atoms. The van der Waals surface area contributed by atoms with Crippen LogP contribution in [0.5, 0.6) is 0 Å². The predicted molar refractivity (Wildman–Crippen MR) is 105 cm³/mol. The van der Waals surface area contributed by atoms with E-state index in [1.54, 1.807) is 4.90 Å². The van der Waals surface area contributed by atoms with Gasteiger partial charge in [-0.15, -0.1) is 0 Å². The highest BCUT2D eigenvalue weighted by Gasteiger charge is 2.36. The van der Waals surface area contributed by atoms with Crippen molar-refractivity contribution in [3.8, 4) is 0 Å². The number of benzene rings is 2. The van der Waals surface area contributed by atoms with Gasteiger partial charge in [-0.2, -0.15) is 4.31 Å². The molecule has 0 bridgehead atoms. The molecule has 1 aliphatic heterocycles. The van der Waals surface area contributed by atoms with Crippen LogP contribution in [0.15, 0.2) is 48.5 Å². The molecule has 0 aromatic heterocycles. The number of carbonyl (C=O) groups is 1. The van der Waals surface area contributed by atoms with Crippen molar-refractivity contribution in [3.63, 3.8) is 0 Å². The molecule has 28 heavy (non-hydrogen) atoms. The summed E-state index contributed by atoms with van der Waals surface area (Å²) in [7, 11) is -3.40. The first-order valence-electron chi connectivity index (χ1n) is 9.56. The summed E-state index contributed by atoms with van der Waals surface area (Å²) in [6, 6.07) is 13.5. The zero-order chi connectivity index (χ0) is 19.7. The van der Waals surface area contributed by atoms with E-state index in [1.807, 2.05) is 18.2 Å². The van der Waals surface area contributed by atoms with E-state index in [0.717, 1.165) is 12.0 Å². The molecule has 7 heteroatoms. The lowest BCUT2D eigenvalue weighted by Gasteiger charge is -2.37. The highest BCUT2D eigenvalue weighted by Crippen LogP contribution is 2.27.